The third-order valence-electron chi connectivity index (χ3n) is 3.50. The van der Waals surface area contributed by atoms with Gasteiger partial charge in [-0.2, -0.15) is 0 Å². The van der Waals surface area contributed by atoms with Crippen LogP contribution in [0.25, 0.3) is 11.0 Å². The van der Waals surface area contributed by atoms with Gasteiger partial charge in [0, 0.05) is 18.8 Å². The molecule has 0 saturated carbocycles. The van der Waals surface area contributed by atoms with E-state index in [1.165, 1.54) is 12.4 Å². The van der Waals surface area contributed by atoms with E-state index >= 15 is 0 Å². The second-order valence-corrected chi connectivity index (χ2v) is 5.33. The summed E-state index contributed by atoms with van der Waals surface area (Å²) < 4.78 is 5.83. The summed E-state index contributed by atoms with van der Waals surface area (Å²) in [7, 11) is 1.82. The second kappa shape index (κ2) is 8.07. The number of aromatic amines is 1. The average molecular weight is 337 g/mol. The van der Waals surface area contributed by atoms with Crippen LogP contribution in [0.3, 0.4) is 0 Å². The van der Waals surface area contributed by atoms with Crippen LogP contribution in [0.5, 0.6) is 5.88 Å². The molecule has 1 amide bonds. The highest BCUT2D eigenvalue weighted by molar-refractivity contribution is 6.06. The van der Waals surface area contributed by atoms with Gasteiger partial charge in [0.15, 0.2) is 0 Å². The maximum absolute atomic E-state index is 12.0. The van der Waals surface area contributed by atoms with Crippen LogP contribution in [-0.4, -0.2) is 34.5 Å². The molecular formula is C18H19N5O2. The Hall–Kier alpha value is -3.19. The summed E-state index contributed by atoms with van der Waals surface area (Å²) in [6.07, 6.45) is 6.33. The smallest absolute Gasteiger partial charge is 0.248 e. The minimum Gasteiger partial charge on any atom is -0.472 e. The van der Waals surface area contributed by atoms with Crippen LogP contribution in [0.15, 0.2) is 55.0 Å². The van der Waals surface area contributed by atoms with Crippen molar-refractivity contribution >= 4 is 22.6 Å². The highest BCUT2D eigenvalue weighted by Crippen LogP contribution is 2.29. The average Bonchev–Trinajstić information content (AvgIpc) is 3.04. The molecule has 0 fully saturated rings. The monoisotopic (exact) mass is 337 g/mol. The number of carbonyl (C=O) groups excluding carboxylic acids is 1. The van der Waals surface area contributed by atoms with E-state index < -0.39 is 0 Å². The summed E-state index contributed by atoms with van der Waals surface area (Å²) in [5, 5.41) is 6.40. The molecule has 3 rings (SSSR count). The minimum atomic E-state index is -0.228. The van der Waals surface area contributed by atoms with E-state index in [4.69, 9.17) is 4.74 Å². The van der Waals surface area contributed by atoms with E-state index in [9.17, 15) is 4.79 Å². The van der Waals surface area contributed by atoms with Gasteiger partial charge in [-0.1, -0.05) is 36.4 Å². The van der Waals surface area contributed by atoms with E-state index in [0.29, 0.717) is 35.8 Å². The predicted molar refractivity (Wildman–Crippen MR) is 96.4 cm³/mol. The first kappa shape index (κ1) is 16.7. The van der Waals surface area contributed by atoms with Crippen LogP contribution in [0.4, 0.5) is 5.69 Å². The number of likely N-dealkylation sites (N-methyl/N-ethyl adjacent to an activating group) is 1. The number of hydrogen-bond donors (Lipinski definition) is 3. The summed E-state index contributed by atoms with van der Waals surface area (Å²) in [5.41, 5.74) is 2.22. The van der Waals surface area contributed by atoms with Crippen LogP contribution in [-0.2, 0) is 11.4 Å². The third kappa shape index (κ3) is 4.21. The van der Waals surface area contributed by atoms with Crippen molar-refractivity contribution in [3.05, 3.63) is 60.6 Å². The Labute approximate surface area is 145 Å². The van der Waals surface area contributed by atoms with Crippen molar-refractivity contribution in [1.29, 1.82) is 0 Å². The molecule has 3 aromatic rings. The van der Waals surface area contributed by atoms with Gasteiger partial charge in [0.25, 0.3) is 0 Å². The van der Waals surface area contributed by atoms with Gasteiger partial charge < -0.3 is 20.4 Å². The van der Waals surface area contributed by atoms with Gasteiger partial charge >= 0.3 is 0 Å². The number of anilines is 1. The molecule has 2 heterocycles. The van der Waals surface area contributed by atoms with Crippen molar-refractivity contribution < 1.29 is 9.53 Å². The molecule has 0 bridgehead atoms. The van der Waals surface area contributed by atoms with E-state index in [1.54, 1.807) is 12.3 Å². The molecule has 3 N–H and O–H groups in total. The molecule has 0 aliphatic rings. The zero-order valence-corrected chi connectivity index (χ0v) is 13.8. The lowest BCUT2D eigenvalue weighted by molar-refractivity contribution is -0.111. The maximum atomic E-state index is 12.0. The first-order chi connectivity index (χ1) is 12.3. The quantitative estimate of drug-likeness (QED) is 0.575. The van der Waals surface area contributed by atoms with Gasteiger partial charge in [-0.3, -0.25) is 4.79 Å². The number of nitrogens with zero attached hydrogens (tertiary/aromatic N) is 2. The van der Waals surface area contributed by atoms with Crippen molar-refractivity contribution in [3.8, 4) is 5.88 Å². The molecule has 0 aliphatic heterocycles. The number of nitrogens with one attached hydrogen (secondary N) is 3. The molecule has 128 valence electrons. The maximum Gasteiger partial charge on any atom is 0.248 e. The Kier molecular flexibility index (Phi) is 5.38. The van der Waals surface area contributed by atoms with Crippen molar-refractivity contribution in [3.63, 3.8) is 0 Å². The van der Waals surface area contributed by atoms with Gasteiger partial charge in [0.05, 0.1) is 5.69 Å². The standard InChI is InChI=1S/C18H19N5O2/c1-19-9-5-8-15(24)23-14-10-20-17-16(14)18(22-12-21-17)25-11-13-6-3-2-4-7-13/h2-8,10,12,19H,9,11H2,1H3,(H,23,24)(H,20,21,22)/b8-5+. The Morgan fingerprint density at radius 2 is 2.12 bits per heavy atom. The second-order valence-electron chi connectivity index (χ2n) is 5.33. The minimum absolute atomic E-state index is 0.228. The molecule has 7 heteroatoms. The highest BCUT2D eigenvalue weighted by atomic mass is 16.5. The summed E-state index contributed by atoms with van der Waals surface area (Å²) in [6.45, 7) is 1.00. The van der Waals surface area contributed by atoms with Crippen LogP contribution in [0.2, 0.25) is 0 Å². The molecule has 0 saturated heterocycles. The summed E-state index contributed by atoms with van der Waals surface area (Å²) in [4.78, 5) is 23.4. The van der Waals surface area contributed by atoms with Gasteiger partial charge in [-0.05, 0) is 12.6 Å². The van der Waals surface area contributed by atoms with E-state index in [-0.39, 0.29) is 5.91 Å². The molecular weight excluding hydrogens is 318 g/mol. The van der Waals surface area contributed by atoms with Crippen molar-refractivity contribution in [2.75, 3.05) is 18.9 Å². The molecule has 7 nitrogen and oxygen atoms in total. The van der Waals surface area contributed by atoms with Crippen molar-refractivity contribution in [2.45, 2.75) is 6.61 Å². The number of rotatable bonds is 7. The number of ether oxygens (including phenoxy) is 1. The lowest BCUT2D eigenvalue weighted by Gasteiger charge is -2.07. The van der Waals surface area contributed by atoms with Crippen LogP contribution in [0, 0.1) is 0 Å². The molecule has 1 aromatic carbocycles. The summed E-state index contributed by atoms with van der Waals surface area (Å²) >= 11 is 0. The Morgan fingerprint density at radius 3 is 2.92 bits per heavy atom. The van der Waals surface area contributed by atoms with Gasteiger partial charge in [0.2, 0.25) is 11.8 Å². The largest absolute Gasteiger partial charge is 0.472 e. The summed E-state index contributed by atoms with van der Waals surface area (Å²) in [6, 6.07) is 9.81. The first-order valence-electron chi connectivity index (χ1n) is 7.89. The fourth-order valence-corrected chi connectivity index (χ4v) is 2.33. The zero-order valence-electron chi connectivity index (χ0n) is 13.8. The fraction of sp³-hybridized carbons (Fsp3) is 0.167. The van der Waals surface area contributed by atoms with E-state index in [1.807, 2.05) is 37.4 Å². The molecule has 0 atom stereocenters. The lowest BCUT2D eigenvalue weighted by atomic mass is 10.2. The number of carbonyl (C=O) groups is 1. The molecule has 0 unspecified atom stereocenters. The Balaban J connectivity index is 1.79. The SMILES string of the molecule is CNC/C=C/C(=O)Nc1c[nH]c2ncnc(OCc3ccccc3)c12. The number of benzene rings is 1. The van der Waals surface area contributed by atoms with Crippen LogP contribution < -0.4 is 15.4 Å². The summed E-state index contributed by atoms with van der Waals surface area (Å²) in [5.74, 6) is 0.193. The topological polar surface area (TPSA) is 91.9 Å². The fourth-order valence-electron chi connectivity index (χ4n) is 2.33. The first-order valence-corrected chi connectivity index (χ1v) is 7.89. The number of aromatic nitrogens is 3. The zero-order chi connectivity index (χ0) is 17.5. The molecule has 25 heavy (non-hydrogen) atoms. The normalized spacial score (nSPS) is 11.1. The van der Waals surface area contributed by atoms with E-state index in [2.05, 4.69) is 25.6 Å². The van der Waals surface area contributed by atoms with Gasteiger partial charge in [0.1, 0.15) is 24.0 Å². The number of amides is 1. The molecule has 2 aromatic heterocycles. The van der Waals surface area contributed by atoms with E-state index in [0.717, 1.165) is 5.56 Å². The highest BCUT2D eigenvalue weighted by Gasteiger charge is 2.13. The Bertz CT molecular complexity index is 874. The van der Waals surface area contributed by atoms with Crippen LogP contribution >= 0.6 is 0 Å². The third-order valence-corrected chi connectivity index (χ3v) is 3.50. The van der Waals surface area contributed by atoms with Crippen molar-refractivity contribution in [1.82, 2.24) is 20.3 Å². The lowest BCUT2D eigenvalue weighted by Crippen LogP contribution is -2.10. The number of H-pyrrole nitrogens is 1. The predicted octanol–water partition coefficient (Wildman–Crippen LogP) is 2.25. The van der Waals surface area contributed by atoms with Gasteiger partial charge in [-0.15, -0.1) is 0 Å². The molecule has 0 radical (unpaired) electrons. The number of fused-ring (bicyclic) bond motifs is 1. The molecule has 0 spiro atoms. The van der Waals surface area contributed by atoms with Crippen molar-refractivity contribution in [2.24, 2.45) is 0 Å². The number of hydrogen-bond acceptors (Lipinski definition) is 5. The van der Waals surface area contributed by atoms with Crippen LogP contribution in [0.1, 0.15) is 5.56 Å². The van der Waals surface area contributed by atoms with Gasteiger partial charge in [-0.25, -0.2) is 9.97 Å². The Morgan fingerprint density at radius 1 is 1.28 bits per heavy atom. The molecule has 0 aliphatic carbocycles.